The molecular weight excluding hydrogens is 399 g/mol. The van der Waals surface area contributed by atoms with Crippen LogP contribution in [0.25, 0.3) is 11.1 Å². The van der Waals surface area contributed by atoms with Crippen LogP contribution in [-0.4, -0.2) is 0 Å². The minimum absolute atomic E-state index is 0.752. The summed E-state index contributed by atoms with van der Waals surface area (Å²) >= 11 is 19.1. The first-order chi connectivity index (χ1) is 8.65. The lowest BCUT2D eigenvalue weighted by Gasteiger charge is -2.12. The zero-order valence-corrected chi connectivity index (χ0v) is 14.1. The van der Waals surface area contributed by atoms with Crippen molar-refractivity contribution in [2.45, 2.75) is 10.7 Å². The molecule has 0 saturated heterocycles. The average molecular weight is 409 g/mol. The molecule has 0 N–H and O–H groups in total. The number of benzene rings is 2. The molecule has 2 rings (SSSR count). The highest BCUT2D eigenvalue weighted by atomic mass is 79.9. The third-order valence-corrected chi connectivity index (χ3v) is 4.39. The number of rotatable bonds is 3. The molecule has 0 bridgehead atoms. The first-order valence-corrected chi connectivity index (χ1v) is 8.34. The highest BCUT2D eigenvalue weighted by molar-refractivity contribution is 9.08. The van der Waals surface area contributed by atoms with Crippen molar-refractivity contribution in [3.05, 3.63) is 57.6 Å². The van der Waals surface area contributed by atoms with Crippen LogP contribution in [0.2, 0.25) is 10.0 Å². The molecule has 0 aromatic heterocycles. The average Bonchev–Trinajstić information content (AvgIpc) is 2.38. The lowest BCUT2D eigenvalue weighted by atomic mass is 9.97. The highest BCUT2D eigenvalue weighted by Crippen LogP contribution is 2.33. The van der Waals surface area contributed by atoms with Gasteiger partial charge in [-0.1, -0.05) is 67.2 Å². The van der Waals surface area contributed by atoms with Gasteiger partial charge in [0.05, 0.1) is 0 Å². The first kappa shape index (κ1) is 14.4. The summed E-state index contributed by atoms with van der Waals surface area (Å²) in [6, 6.07) is 11.9. The van der Waals surface area contributed by atoms with E-state index < -0.39 is 0 Å². The van der Waals surface area contributed by atoms with Crippen molar-refractivity contribution in [1.29, 1.82) is 0 Å². The Morgan fingerprint density at radius 1 is 0.722 bits per heavy atom. The minimum Gasteiger partial charge on any atom is -0.0876 e. The van der Waals surface area contributed by atoms with Gasteiger partial charge in [0.25, 0.3) is 0 Å². The van der Waals surface area contributed by atoms with Gasteiger partial charge in [0.1, 0.15) is 0 Å². The Morgan fingerprint density at radius 2 is 1.11 bits per heavy atom. The summed E-state index contributed by atoms with van der Waals surface area (Å²) in [5.74, 6) is 0. The van der Waals surface area contributed by atoms with E-state index in [2.05, 4.69) is 31.9 Å². The molecule has 0 aliphatic rings. The van der Waals surface area contributed by atoms with Crippen LogP contribution in [0.15, 0.2) is 36.4 Å². The standard InChI is InChI=1S/C14H10Br2Cl2/c15-7-9-5-11(17)1-3-13(9)14-4-2-12(18)6-10(14)8-16/h1-6H,7-8H2. The Hall–Kier alpha value is -0.0200. The van der Waals surface area contributed by atoms with Gasteiger partial charge in [0.15, 0.2) is 0 Å². The van der Waals surface area contributed by atoms with Crippen LogP contribution < -0.4 is 0 Å². The second-order valence-corrected chi connectivity index (χ2v) is 5.86. The van der Waals surface area contributed by atoms with Gasteiger partial charge in [-0.2, -0.15) is 0 Å². The third kappa shape index (κ3) is 3.11. The molecule has 2 aromatic rings. The smallest absolute Gasteiger partial charge is 0.0409 e. The second-order valence-electron chi connectivity index (χ2n) is 3.87. The topological polar surface area (TPSA) is 0 Å². The molecule has 0 nitrogen and oxygen atoms in total. The van der Waals surface area contributed by atoms with E-state index in [-0.39, 0.29) is 0 Å². The number of alkyl halides is 2. The normalized spacial score (nSPS) is 10.7. The van der Waals surface area contributed by atoms with Crippen LogP contribution in [-0.2, 0) is 10.7 Å². The predicted molar refractivity (Wildman–Crippen MR) is 87.2 cm³/mol. The Bertz CT molecular complexity index is 516. The van der Waals surface area contributed by atoms with E-state index in [1.807, 2.05) is 36.4 Å². The minimum atomic E-state index is 0.752. The summed E-state index contributed by atoms with van der Waals surface area (Å²) in [6.07, 6.45) is 0. The molecular formula is C14H10Br2Cl2. The molecule has 0 fully saturated rings. The van der Waals surface area contributed by atoms with Gasteiger partial charge in [0.2, 0.25) is 0 Å². The van der Waals surface area contributed by atoms with E-state index >= 15 is 0 Å². The van der Waals surface area contributed by atoms with Gasteiger partial charge in [-0.25, -0.2) is 0 Å². The molecule has 0 amide bonds. The lowest BCUT2D eigenvalue weighted by Crippen LogP contribution is -1.91. The van der Waals surface area contributed by atoms with Gasteiger partial charge >= 0.3 is 0 Å². The molecule has 94 valence electrons. The summed E-state index contributed by atoms with van der Waals surface area (Å²) in [5.41, 5.74) is 4.71. The molecule has 4 heteroatoms. The summed E-state index contributed by atoms with van der Waals surface area (Å²) in [5, 5.41) is 3.05. The molecule has 18 heavy (non-hydrogen) atoms. The maximum atomic E-state index is 6.03. The van der Waals surface area contributed by atoms with Crippen molar-refractivity contribution >= 4 is 55.1 Å². The van der Waals surface area contributed by atoms with Crippen molar-refractivity contribution in [1.82, 2.24) is 0 Å². The zero-order chi connectivity index (χ0) is 13.1. The van der Waals surface area contributed by atoms with Crippen LogP contribution in [0.5, 0.6) is 0 Å². The Balaban J connectivity index is 2.61. The largest absolute Gasteiger partial charge is 0.0876 e. The fraction of sp³-hybridized carbons (Fsp3) is 0.143. The monoisotopic (exact) mass is 406 g/mol. The second kappa shape index (κ2) is 6.42. The molecule has 0 atom stereocenters. The lowest BCUT2D eigenvalue weighted by molar-refractivity contribution is 1.38. The Labute approximate surface area is 134 Å². The van der Waals surface area contributed by atoms with E-state index in [4.69, 9.17) is 23.2 Å². The molecule has 0 aliphatic carbocycles. The molecule has 2 aromatic carbocycles. The number of hydrogen-bond acceptors (Lipinski definition) is 0. The molecule has 0 spiro atoms. The van der Waals surface area contributed by atoms with Gasteiger partial charge in [-0.15, -0.1) is 0 Å². The maximum absolute atomic E-state index is 6.03. The van der Waals surface area contributed by atoms with Crippen molar-refractivity contribution in [2.24, 2.45) is 0 Å². The maximum Gasteiger partial charge on any atom is 0.0409 e. The first-order valence-electron chi connectivity index (χ1n) is 5.35. The predicted octanol–water partition coefficient (Wildman–Crippen LogP) is 6.45. The van der Waals surface area contributed by atoms with Crippen molar-refractivity contribution in [2.75, 3.05) is 0 Å². The zero-order valence-electron chi connectivity index (χ0n) is 9.39. The van der Waals surface area contributed by atoms with Gasteiger partial charge in [-0.05, 0) is 46.5 Å². The van der Waals surface area contributed by atoms with E-state index in [1.54, 1.807) is 0 Å². The quantitative estimate of drug-likeness (QED) is 0.512. The van der Waals surface area contributed by atoms with E-state index in [0.717, 1.165) is 20.7 Å². The molecule has 0 unspecified atom stereocenters. The van der Waals surface area contributed by atoms with Gasteiger partial charge in [0, 0.05) is 20.7 Å². The van der Waals surface area contributed by atoms with Crippen molar-refractivity contribution in [3.8, 4) is 11.1 Å². The van der Waals surface area contributed by atoms with E-state index in [0.29, 0.717) is 0 Å². The molecule has 0 saturated carbocycles. The van der Waals surface area contributed by atoms with Crippen molar-refractivity contribution < 1.29 is 0 Å². The Kier molecular flexibility index (Phi) is 5.14. The van der Waals surface area contributed by atoms with Crippen LogP contribution in [0.4, 0.5) is 0 Å². The van der Waals surface area contributed by atoms with Gasteiger partial charge < -0.3 is 0 Å². The van der Waals surface area contributed by atoms with E-state index in [1.165, 1.54) is 22.3 Å². The SMILES string of the molecule is Clc1ccc(-c2ccc(Cl)cc2CBr)c(CBr)c1. The third-order valence-electron chi connectivity index (χ3n) is 2.71. The Morgan fingerprint density at radius 3 is 1.44 bits per heavy atom. The van der Waals surface area contributed by atoms with Crippen molar-refractivity contribution in [3.63, 3.8) is 0 Å². The fourth-order valence-corrected chi connectivity index (χ4v) is 3.19. The molecule has 0 heterocycles. The van der Waals surface area contributed by atoms with E-state index in [9.17, 15) is 0 Å². The number of hydrogen-bond donors (Lipinski definition) is 0. The van der Waals surface area contributed by atoms with Crippen LogP contribution in [0, 0.1) is 0 Å². The van der Waals surface area contributed by atoms with Crippen LogP contribution in [0.1, 0.15) is 11.1 Å². The molecule has 0 radical (unpaired) electrons. The summed E-state index contributed by atoms with van der Waals surface area (Å²) < 4.78 is 0. The summed E-state index contributed by atoms with van der Waals surface area (Å²) in [6.45, 7) is 0. The molecule has 0 aliphatic heterocycles. The fourth-order valence-electron chi connectivity index (χ4n) is 1.87. The summed E-state index contributed by atoms with van der Waals surface area (Å²) in [7, 11) is 0. The van der Waals surface area contributed by atoms with Crippen LogP contribution in [0.3, 0.4) is 0 Å². The van der Waals surface area contributed by atoms with Gasteiger partial charge in [-0.3, -0.25) is 0 Å². The summed E-state index contributed by atoms with van der Waals surface area (Å²) in [4.78, 5) is 0. The number of halogens is 4. The highest BCUT2D eigenvalue weighted by Gasteiger charge is 2.09. The van der Waals surface area contributed by atoms with Crippen LogP contribution >= 0.6 is 55.1 Å².